The molecule has 0 amide bonds. The Bertz CT molecular complexity index is 100. The normalized spacial score (nSPS) is 16.4. The van der Waals surface area contributed by atoms with Gasteiger partial charge in [0.25, 0.3) is 0 Å². The van der Waals surface area contributed by atoms with Gasteiger partial charge < -0.3 is 10.4 Å². The molecule has 0 aromatic rings. The summed E-state index contributed by atoms with van der Waals surface area (Å²) in [6, 6.07) is 0. The maximum absolute atomic E-state index is 9.07. The van der Waals surface area contributed by atoms with Crippen molar-refractivity contribution in [2.24, 2.45) is 0 Å². The average molecular weight is 177 g/mol. The molecule has 0 saturated heterocycles. The van der Waals surface area contributed by atoms with Crippen LogP contribution in [0.3, 0.4) is 0 Å². The highest BCUT2D eigenvalue weighted by Crippen LogP contribution is 2.11. The van der Waals surface area contributed by atoms with E-state index in [9.17, 15) is 0 Å². The molecule has 0 radical (unpaired) electrons. The SMILES string of the molecule is CCNC(C)(CO)CSCC. The first-order valence-corrected chi connectivity index (χ1v) is 5.27. The highest BCUT2D eigenvalue weighted by atomic mass is 32.2. The largest absolute Gasteiger partial charge is 0.394 e. The van der Waals surface area contributed by atoms with E-state index in [1.807, 2.05) is 11.8 Å². The molecule has 1 unspecified atom stereocenters. The summed E-state index contributed by atoms with van der Waals surface area (Å²) >= 11 is 1.86. The van der Waals surface area contributed by atoms with Gasteiger partial charge in [-0.25, -0.2) is 0 Å². The summed E-state index contributed by atoms with van der Waals surface area (Å²) in [5, 5.41) is 12.3. The van der Waals surface area contributed by atoms with Gasteiger partial charge in [0, 0.05) is 11.3 Å². The zero-order chi connectivity index (χ0) is 8.74. The molecule has 68 valence electrons. The second kappa shape index (κ2) is 5.86. The first kappa shape index (κ1) is 11.3. The van der Waals surface area contributed by atoms with E-state index in [2.05, 4.69) is 26.1 Å². The van der Waals surface area contributed by atoms with Crippen LogP contribution in [0.5, 0.6) is 0 Å². The average Bonchev–Trinajstić information content (AvgIpc) is 2.02. The van der Waals surface area contributed by atoms with Crippen molar-refractivity contribution in [1.29, 1.82) is 0 Å². The van der Waals surface area contributed by atoms with E-state index < -0.39 is 0 Å². The number of rotatable bonds is 6. The topological polar surface area (TPSA) is 32.3 Å². The predicted molar refractivity (Wildman–Crippen MR) is 52.2 cm³/mol. The molecular weight excluding hydrogens is 158 g/mol. The second-order valence-electron chi connectivity index (χ2n) is 2.89. The Morgan fingerprint density at radius 1 is 1.45 bits per heavy atom. The Morgan fingerprint density at radius 2 is 2.09 bits per heavy atom. The molecule has 3 heteroatoms. The van der Waals surface area contributed by atoms with Crippen LogP contribution in [0.15, 0.2) is 0 Å². The third-order valence-corrected chi connectivity index (χ3v) is 2.83. The molecule has 2 N–H and O–H groups in total. The smallest absolute Gasteiger partial charge is 0.0618 e. The van der Waals surface area contributed by atoms with E-state index in [1.165, 1.54) is 0 Å². The van der Waals surface area contributed by atoms with E-state index in [0.717, 1.165) is 18.1 Å². The minimum Gasteiger partial charge on any atom is -0.394 e. The van der Waals surface area contributed by atoms with Gasteiger partial charge in [-0.1, -0.05) is 13.8 Å². The standard InChI is InChI=1S/C8H19NOS/c1-4-9-8(3,6-10)7-11-5-2/h9-10H,4-7H2,1-3H3. The zero-order valence-corrected chi connectivity index (χ0v) is 8.50. The first-order chi connectivity index (χ1) is 5.18. The molecule has 0 fully saturated rings. The monoisotopic (exact) mass is 177 g/mol. The van der Waals surface area contributed by atoms with Gasteiger partial charge in [-0.3, -0.25) is 0 Å². The van der Waals surface area contributed by atoms with E-state index in [-0.39, 0.29) is 12.1 Å². The first-order valence-electron chi connectivity index (χ1n) is 4.12. The summed E-state index contributed by atoms with van der Waals surface area (Å²) in [5.74, 6) is 2.09. The molecule has 0 saturated carbocycles. The minimum absolute atomic E-state index is 0.0879. The van der Waals surface area contributed by atoms with Gasteiger partial charge in [0.2, 0.25) is 0 Å². The Balaban J connectivity index is 3.68. The Kier molecular flexibility index (Phi) is 6.01. The van der Waals surface area contributed by atoms with E-state index in [1.54, 1.807) is 0 Å². The lowest BCUT2D eigenvalue weighted by molar-refractivity contribution is 0.194. The van der Waals surface area contributed by atoms with Crippen LogP contribution in [-0.4, -0.2) is 35.3 Å². The van der Waals surface area contributed by atoms with Crippen molar-refractivity contribution in [3.63, 3.8) is 0 Å². The molecule has 0 bridgehead atoms. The lowest BCUT2D eigenvalue weighted by atomic mass is 10.1. The summed E-state index contributed by atoms with van der Waals surface area (Å²) in [6.45, 7) is 7.38. The zero-order valence-electron chi connectivity index (χ0n) is 7.68. The van der Waals surface area contributed by atoms with Gasteiger partial charge in [-0.2, -0.15) is 11.8 Å². The lowest BCUT2D eigenvalue weighted by Gasteiger charge is -2.27. The van der Waals surface area contributed by atoms with Gasteiger partial charge in [0.1, 0.15) is 0 Å². The molecule has 0 aliphatic rings. The van der Waals surface area contributed by atoms with Crippen LogP contribution in [0.25, 0.3) is 0 Å². The lowest BCUT2D eigenvalue weighted by Crippen LogP contribution is -2.47. The van der Waals surface area contributed by atoms with Crippen molar-refractivity contribution in [3.8, 4) is 0 Å². The summed E-state index contributed by atoms with van der Waals surface area (Å²) in [6.07, 6.45) is 0. The number of nitrogens with one attached hydrogen (secondary N) is 1. The van der Waals surface area contributed by atoms with E-state index >= 15 is 0 Å². The molecule has 0 heterocycles. The minimum atomic E-state index is -0.0879. The maximum Gasteiger partial charge on any atom is 0.0618 e. The molecule has 0 aromatic heterocycles. The Labute approximate surface area is 73.8 Å². The Morgan fingerprint density at radius 3 is 2.45 bits per heavy atom. The molecular formula is C8H19NOS. The van der Waals surface area contributed by atoms with Crippen LogP contribution in [0.2, 0.25) is 0 Å². The molecule has 11 heavy (non-hydrogen) atoms. The molecule has 0 rings (SSSR count). The van der Waals surface area contributed by atoms with Crippen molar-refractivity contribution in [1.82, 2.24) is 5.32 Å². The van der Waals surface area contributed by atoms with Gasteiger partial charge in [0.15, 0.2) is 0 Å². The van der Waals surface area contributed by atoms with E-state index in [4.69, 9.17) is 5.11 Å². The van der Waals surface area contributed by atoms with Crippen molar-refractivity contribution in [2.45, 2.75) is 26.3 Å². The quantitative estimate of drug-likeness (QED) is 0.637. The van der Waals surface area contributed by atoms with Crippen molar-refractivity contribution >= 4 is 11.8 Å². The fourth-order valence-electron chi connectivity index (χ4n) is 0.907. The molecule has 1 atom stereocenters. The number of thioether (sulfide) groups is 1. The summed E-state index contributed by atoms with van der Waals surface area (Å²) in [5.41, 5.74) is -0.0879. The fourth-order valence-corrected chi connectivity index (χ4v) is 1.75. The Hall–Kier alpha value is 0.270. The van der Waals surface area contributed by atoms with Crippen LogP contribution in [0, 0.1) is 0 Å². The van der Waals surface area contributed by atoms with Gasteiger partial charge in [0.05, 0.1) is 6.61 Å². The maximum atomic E-state index is 9.07. The summed E-state index contributed by atoms with van der Waals surface area (Å²) < 4.78 is 0. The fraction of sp³-hybridized carbons (Fsp3) is 1.00. The van der Waals surface area contributed by atoms with Gasteiger partial charge in [-0.05, 0) is 19.2 Å². The van der Waals surface area contributed by atoms with Crippen LogP contribution < -0.4 is 5.32 Å². The molecule has 0 aromatic carbocycles. The van der Waals surface area contributed by atoms with Crippen LogP contribution in [0.4, 0.5) is 0 Å². The second-order valence-corrected chi connectivity index (χ2v) is 4.16. The third kappa shape index (κ3) is 4.67. The van der Waals surface area contributed by atoms with Gasteiger partial charge in [-0.15, -0.1) is 0 Å². The highest BCUT2D eigenvalue weighted by molar-refractivity contribution is 7.99. The molecule has 0 aliphatic carbocycles. The number of likely N-dealkylation sites (N-methyl/N-ethyl adjacent to an activating group) is 1. The molecule has 0 aliphatic heterocycles. The number of aliphatic hydroxyl groups is 1. The van der Waals surface area contributed by atoms with E-state index in [0.29, 0.717) is 0 Å². The number of aliphatic hydroxyl groups excluding tert-OH is 1. The van der Waals surface area contributed by atoms with Crippen molar-refractivity contribution in [3.05, 3.63) is 0 Å². The number of hydrogen-bond acceptors (Lipinski definition) is 3. The number of hydrogen-bond donors (Lipinski definition) is 2. The summed E-state index contributed by atoms with van der Waals surface area (Å²) in [7, 11) is 0. The van der Waals surface area contributed by atoms with Crippen LogP contribution >= 0.6 is 11.8 Å². The van der Waals surface area contributed by atoms with Gasteiger partial charge >= 0.3 is 0 Å². The van der Waals surface area contributed by atoms with Crippen LogP contribution in [-0.2, 0) is 0 Å². The third-order valence-electron chi connectivity index (χ3n) is 1.58. The van der Waals surface area contributed by atoms with Crippen LogP contribution in [0.1, 0.15) is 20.8 Å². The van der Waals surface area contributed by atoms with Crippen molar-refractivity contribution < 1.29 is 5.11 Å². The van der Waals surface area contributed by atoms with Crippen molar-refractivity contribution in [2.75, 3.05) is 24.7 Å². The highest BCUT2D eigenvalue weighted by Gasteiger charge is 2.20. The summed E-state index contributed by atoms with van der Waals surface area (Å²) in [4.78, 5) is 0. The molecule has 2 nitrogen and oxygen atoms in total. The molecule has 0 spiro atoms. The predicted octanol–water partition coefficient (Wildman–Crippen LogP) is 1.10.